The minimum Gasteiger partial charge on any atom is -0.368 e. The van der Waals surface area contributed by atoms with Crippen LogP contribution in [0.15, 0.2) is 42.7 Å². The maximum atomic E-state index is 11.9. The number of carbonyl (C=O) groups excluding carboxylic acids is 2. The van der Waals surface area contributed by atoms with Gasteiger partial charge in [0.05, 0.1) is 12.1 Å². The summed E-state index contributed by atoms with van der Waals surface area (Å²) >= 11 is 0. The second-order valence-electron chi connectivity index (χ2n) is 5.33. The highest BCUT2D eigenvalue weighted by atomic mass is 16.5. The van der Waals surface area contributed by atoms with Crippen molar-refractivity contribution in [1.82, 2.24) is 20.6 Å². The SMILES string of the molecule is O=C(Cc1ccc(-n2cccn2)cc1)NNC(=O)C1CCCO1. The highest BCUT2D eigenvalue weighted by Crippen LogP contribution is 2.11. The minimum atomic E-state index is -0.455. The van der Waals surface area contributed by atoms with Gasteiger partial charge in [0.1, 0.15) is 6.10 Å². The second-order valence-corrected chi connectivity index (χ2v) is 5.33. The van der Waals surface area contributed by atoms with E-state index in [2.05, 4.69) is 16.0 Å². The van der Waals surface area contributed by atoms with E-state index in [1.165, 1.54) is 0 Å². The molecule has 1 aromatic carbocycles. The average molecular weight is 314 g/mol. The minimum absolute atomic E-state index is 0.186. The Morgan fingerprint density at radius 2 is 2.09 bits per heavy atom. The maximum Gasteiger partial charge on any atom is 0.267 e. The molecule has 0 aliphatic carbocycles. The van der Waals surface area contributed by atoms with E-state index in [1.807, 2.05) is 36.5 Å². The summed E-state index contributed by atoms with van der Waals surface area (Å²) in [6.45, 7) is 0.592. The molecule has 2 N–H and O–H groups in total. The van der Waals surface area contributed by atoms with Gasteiger partial charge >= 0.3 is 0 Å². The van der Waals surface area contributed by atoms with E-state index in [-0.39, 0.29) is 18.2 Å². The Bertz CT molecular complexity index is 661. The summed E-state index contributed by atoms with van der Waals surface area (Å²) in [6.07, 6.45) is 4.85. The molecule has 7 nitrogen and oxygen atoms in total. The third-order valence-electron chi connectivity index (χ3n) is 3.62. The van der Waals surface area contributed by atoms with Crippen molar-refractivity contribution >= 4 is 11.8 Å². The number of aromatic nitrogens is 2. The zero-order chi connectivity index (χ0) is 16.1. The summed E-state index contributed by atoms with van der Waals surface area (Å²) in [5, 5.41) is 4.14. The quantitative estimate of drug-likeness (QED) is 0.815. The predicted octanol–water partition coefficient (Wildman–Crippen LogP) is 0.741. The Labute approximate surface area is 133 Å². The normalized spacial score (nSPS) is 17.0. The zero-order valence-corrected chi connectivity index (χ0v) is 12.6. The van der Waals surface area contributed by atoms with E-state index >= 15 is 0 Å². The fourth-order valence-corrected chi connectivity index (χ4v) is 2.41. The van der Waals surface area contributed by atoms with Gasteiger partial charge in [-0.3, -0.25) is 20.4 Å². The number of ether oxygens (including phenoxy) is 1. The van der Waals surface area contributed by atoms with Gasteiger partial charge in [0.2, 0.25) is 5.91 Å². The standard InChI is InChI=1S/C16H18N4O3/c21-15(18-19-16(22)14-3-1-10-23-14)11-12-4-6-13(7-5-12)20-9-2-8-17-20/h2,4-9,14H,1,3,10-11H2,(H,18,21)(H,19,22). The number of nitrogens with one attached hydrogen (secondary N) is 2. The maximum absolute atomic E-state index is 11.9. The van der Waals surface area contributed by atoms with Crippen LogP contribution in [0.2, 0.25) is 0 Å². The molecule has 23 heavy (non-hydrogen) atoms. The van der Waals surface area contributed by atoms with Crippen molar-refractivity contribution in [1.29, 1.82) is 0 Å². The van der Waals surface area contributed by atoms with Crippen molar-refractivity contribution in [3.63, 3.8) is 0 Å². The molecule has 0 saturated carbocycles. The van der Waals surface area contributed by atoms with E-state index < -0.39 is 6.10 Å². The Balaban J connectivity index is 1.48. The summed E-state index contributed by atoms with van der Waals surface area (Å²) < 4.78 is 6.98. The van der Waals surface area contributed by atoms with Gasteiger partial charge in [-0.05, 0) is 36.6 Å². The van der Waals surface area contributed by atoms with Gasteiger partial charge in [-0.1, -0.05) is 12.1 Å². The molecule has 2 amide bonds. The van der Waals surface area contributed by atoms with Gasteiger partial charge in [0, 0.05) is 19.0 Å². The molecule has 1 fully saturated rings. The van der Waals surface area contributed by atoms with Crippen molar-refractivity contribution in [3.05, 3.63) is 48.3 Å². The first-order valence-electron chi connectivity index (χ1n) is 7.51. The zero-order valence-electron chi connectivity index (χ0n) is 12.6. The summed E-state index contributed by atoms with van der Waals surface area (Å²) in [4.78, 5) is 23.6. The first-order chi connectivity index (χ1) is 11.2. The number of hydrogen-bond acceptors (Lipinski definition) is 4. The van der Waals surface area contributed by atoms with Crippen LogP contribution in [-0.4, -0.2) is 34.3 Å². The molecule has 1 unspecified atom stereocenters. The van der Waals surface area contributed by atoms with E-state index in [9.17, 15) is 9.59 Å². The van der Waals surface area contributed by atoms with Crippen LogP contribution in [0.25, 0.3) is 5.69 Å². The van der Waals surface area contributed by atoms with Gasteiger partial charge in [-0.15, -0.1) is 0 Å². The van der Waals surface area contributed by atoms with Crippen LogP contribution < -0.4 is 10.9 Å². The number of benzene rings is 1. The Kier molecular flexibility index (Phi) is 4.68. The van der Waals surface area contributed by atoms with Gasteiger partial charge in [-0.2, -0.15) is 5.10 Å². The molecule has 1 atom stereocenters. The van der Waals surface area contributed by atoms with Crippen LogP contribution in [0.5, 0.6) is 0 Å². The van der Waals surface area contributed by atoms with Crippen LogP contribution >= 0.6 is 0 Å². The van der Waals surface area contributed by atoms with Crippen molar-refractivity contribution in [2.45, 2.75) is 25.4 Å². The van der Waals surface area contributed by atoms with Crippen molar-refractivity contribution in [2.24, 2.45) is 0 Å². The third-order valence-corrected chi connectivity index (χ3v) is 3.62. The highest BCUT2D eigenvalue weighted by molar-refractivity contribution is 5.85. The van der Waals surface area contributed by atoms with E-state index in [1.54, 1.807) is 10.9 Å². The van der Waals surface area contributed by atoms with E-state index in [0.717, 1.165) is 17.7 Å². The Morgan fingerprint density at radius 1 is 1.26 bits per heavy atom. The number of hydrogen-bond donors (Lipinski definition) is 2. The summed E-state index contributed by atoms with van der Waals surface area (Å²) in [5.74, 6) is -0.576. The number of carbonyl (C=O) groups is 2. The van der Waals surface area contributed by atoms with Crippen molar-refractivity contribution in [3.8, 4) is 5.69 Å². The first-order valence-corrected chi connectivity index (χ1v) is 7.51. The summed E-state index contributed by atoms with van der Waals surface area (Å²) in [6, 6.07) is 9.34. The fraction of sp³-hybridized carbons (Fsp3) is 0.312. The molecule has 1 aliphatic rings. The highest BCUT2D eigenvalue weighted by Gasteiger charge is 2.23. The average Bonchev–Trinajstić information content (AvgIpc) is 3.26. The second kappa shape index (κ2) is 7.06. The lowest BCUT2D eigenvalue weighted by molar-refractivity contribution is -0.134. The predicted molar refractivity (Wildman–Crippen MR) is 82.5 cm³/mol. The van der Waals surface area contributed by atoms with Crippen LogP contribution in [0.3, 0.4) is 0 Å². The number of hydrazine groups is 1. The number of rotatable bonds is 4. The number of nitrogens with zero attached hydrogens (tertiary/aromatic N) is 2. The van der Waals surface area contributed by atoms with Gasteiger partial charge < -0.3 is 4.74 Å². The molecule has 2 aromatic rings. The van der Waals surface area contributed by atoms with Crippen LogP contribution in [0.4, 0.5) is 0 Å². The van der Waals surface area contributed by atoms with Crippen molar-refractivity contribution < 1.29 is 14.3 Å². The molecule has 120 valence electrons. The molecule has 1 saturated heterocycles. The topological polar surface area (TPSA) is 85.3 Å². The largest absolute Gasteiger partial charge is 0.368 e. The molecule has 0 bridgehead atoms. The molecule has 1 aromatic heterocycles. The van der Waals surface area contributed by atoms with Gasteiger partial charge in [0.15, 0.2) is 0 Å². The van der Waals surface area contributed by atoms with Gasteiger partial charge in [0.25, 0.3) is 5.91 Å². The molecule has 2 heterocycles. The molecular weight excluding hydrogens is 296 g/mol. The lowest BCUT2D eigenvalue weighted by Crippen LogP contribution is -2.46. The smallest absolute Gasteiger partial charge is 0.267 e. The summed E-state index contributed by atoms with van der Waals surface area (Å²) in [7, 11) is 0. The molecule has 7 heteroatoms. The van der Waals surface area contributed by atoms with E-state index in [4.69, 9.17) is 4.74 Å². The van der Waals surface area contributed by atoms with Gasteiger partial charge in [-0.25, -0.2) is 4.68 Å². The number of amides is 2. The fourth-order valence-electron chi connectivity index (χ4n) is 2.41. The molecule has 0 radical (unpaired) electrons. The third kappa shape index (κ3) is 3.95. The lowest BCUT2D eigenvalue weighted by atomic mass is 10.1. The monoisotopic (exact) mass is 314 g/mol. The lowest BCUT2D eigenvalue weighted by Gasteiger charge is -2.11. The first kappa shape index (κ1) is 15.2. The molecule has 0 spiro atoms. The van der Waals surface area contributed by atoms with Crippen LogP contribution in [-0.2, 0) is 20.7 Å². The molecule has 1 aliphatic heterocycles. The summed E-state index contributed by atoms with van der Waals surface area (Å²) in [5.41, 5.74) is 6.59. The van der Waals surface area contributed by atoms with Crippen molar-refractivity contribution in [2.75, 3.05) is 6.61 Å². The Morgan fingerprint density at radius 3 is 2.74 bits per heavy atom. The molecular formula is C16H18N4O3. The van der Waals surface area contributed by atoms with Crippen LogP contribution in [0, 0.1) is 0 Å². The van der Waals surface area contributed by atoms with E-state index in [0.29, 0.717) is 13.0 Å². The Hall–Kier alpha value is -2.67. The van der Waals surface area contributed by atoms with Crippen LogP contribution in [0.1, 0.15) is 18.4 Å². The molecule has 3 rings (SSSR count).